The van der Waals surface area contributed by atoms with Gasteiger partial charge in [0.1, 0.15) is 5.78 Å². The third-order valence-electron chi connectivity index (χ3n) is 2.41. The summed E-state index contributed by atoms with van der Waals surface area (Å²) in [5.74, 6) is 0.510. The van der Waals surface area contributed by atoms with E-state index in [4.69, 9.17) is 4.74 Å². The molecule has 3 nitrogen and oxygen atoms in total. The van der Waals surface area contributed by atoms with Gasteiger partial charge in [-0.1, -0.05) is 13.8 Å². The van der Waals surface area contributed by atoms with Crippen molar-refractivity contribution in [2.75, 3.05) is 33.4 Å². The highest BCUT2D eigenvalue weighted by Gasteiger charge is 2.12. The topological polar surface area (TPSA) is 29.5 Å². The molecule has 0 spiro atoms. The summed E-state index contributed by atoms with van der Waals surface area (Å²) < 4.78 is 5.22. The van der Waals surface area contributed by atoms with Gasteiger partial charge in [-0.3, -0.25) is 9.69 Å². The predicted octanol–water partition coefficient (Wildman–Crippen LogP) is 1.57. The van der Waals surface area contributed by atoms with Gasteiger partial charge in [0.25, 0.3) is 0 Å². The lowest BCUT2D eigenvalue weighted by Crippen LogP contribution is -2.31. The van der Waals surface area contributed by atoms with Crippen LogP contribution in [0.4, 0.5) is 0 Å². The van der Waals surface area contributed by atoms with E-state index in [-0.39, 0.29) is 5.92 Å². The highest BCUT2D eigenvalue weighted by molar-refractivity contribution is 5.82. The van der Waals surface area contributed by atoms with Crippen molar-refractivity contribution < 1.29 is 9.53 Å². The molecule has 0 fully saturated rings. The molecule has 0 aromatic heterocycles. The van der Waals surface area contributed by atoms with Crippen LogP contribution in [0.25, 0.3) is 0 Å². The van der Waals surface area contributed by atoms with Crippen LogP contribution < -0.4 is 0 Å². The summed E-state index contributed by atoms with van der Waals surface area (Å²) in [4.78, 5) is 13.6. The number of carbonyl (C=O) groups is 1. The summed E-state index contributed by atoms with van der Waals surface area (Å²) in [5.41, 5.74) is 0. The van der Waals surface area contributed by atoms with Crippen LogP contribution in [0.5, 0.6) is 0 Å². The fourth-order valence-electron chi connectivity index (χ4n) is 1.09. The smallest absolute Gasteiger partial charge is 0.149 e. The molecule has 0 rings (SSSR count). The highest BCUT2D eigenvalue weighted by Crippen LogP contribution is 2.02. The Morgan fingerprint density at radius 2 is 2.07 bits per heavy atom. The highest BCUT2D eigenvalue weighted by atomic mass is 16.5. The minimum absolute atomic E-state index is 0.185. The van der Waals surface area contributed by atoms with E-state index in [1.54, 1.807) is 0 Å². The normalized spacial score (nSPS) is 13.2. The zero-order valence-electron chi connectivity index (χ0n) is 9.88. The molecule has 0 aliphatic heterocycles. The van der Waals surface area contributed by atoms with E-state index in [0.29, 0.717) is 18.9 Å². The summed E-state index contributed by atoms with van der Waals surface area (Å²) >= 11 is 0. The average Bonchev–Trinajstić information content (AvgIpc) is 2.16. The summed E-state index contributed by atoms with van der Waals surface area (Å²) in [7, 11) is 1.96. The molecule has 0 saturated heterocycles. The first-order chi connectivity index (χ1) is 6.61. The molecule has 0 heterocycles. The van der Waals surface area contributed by atoms with Crippen molar-refractivity contribution in [1.82, 2.24) is 4.90 Å². The van der Waals surface area contributed by atoms with Gasteiger partial charge < -0.3 is 4.74 Å². The molecule has 0 aliphatic rings. The van der Waals surface area contributed by atoms with Gasteiger partial charge in [0.2, 0.25) is 0 Å². The van der Waals surface area contributed by atoms with Crippen LogP contribution in [0.1, 0.15) is 27.2 Å². The van der Waals surface area contributed by atoms with Crippen molar-refractivity contribution in [2.45, 2.75) is 27.2 Å². The van der Waals surface area contributed by atoms with Crippen molar-refractivity contribution in [3.63, 3.8) is 0 Å². The molecule has 0 saturated carbocycles. The van der Waals surface area contributed by atoms with E-state index in [2.05, 4.69) is 0 Å². The maximum Gasteiger partial charge on any atom is 0.149 e. The molecule has 84 valence electrons. The Kier molecular flexibility index (Phi) is 7.71. The molecule has 0 aliphatic carbocycles. The average molecular weight is 201 g/mol. The molecule has 3 heteroatoms. The first-order valence-corrected chi connectivity index (χ1v) is 5.40. The number of carbonyl (C=O) groups excluding carboxylic acids is 1. The van der Waals surface area contributed by atoms with Crippen LogP contribution in [0, 0.1) is 5.92 Å². The first-order valence-electron chi connectivity index (χ1n) is 5.40. The Bertz CT molecular complexity index is 159. The maximum absolute atomic E-state index is 11.5. The fourth-order valence-corrected chi connectivity index (χ4v) is 1.09. The summed E-state index contributed by atoms with van der Waals surface area (Å²) in [6, 6.07) is 0. The second-order valence-electron chi connectivity index (χ2n) is 3.71. The first kappa shape index (κ1) is 13.6. The molecule has 0 aromatic rings. The largest absolute Gasteiger partial charge is 0.380 e. The third-order valence-corrected chi connectivity index (χ3v) is 2.41. The number of rotatable bonds is 8. The third kappa shape index (κ3) is 6.11. The molecule has 0 bridgehead atoms. The molecule has 0 amide bonds. The number of Topliss-reactive ketones (excluding diaryl/α,β-unsaturated/α-hetero) is 1. The SMILES string of the molecule is CCOCCN(C)CC(=O)C(C)CC. The molecule has 1 unspecified atom stereocenters. The molecule has 0 N–H and O–H groups in total. The number of ketones is 1. The van der Waals surface area contributed by atoms with Crippen LogP contribution in [-0.2, 0) is 9.53 Å². The standard InChI is InChI=1S/C11H23NO2/c1-5-10(3)11(13)9-12(4)7-8-14-6-2/h10H,5-9H2,1-4H3. The second kappa shape index (κ2) is 7.94. The quantitative estimate of drug-likeness (QED) is 0.558. The lowest BCUT2D eigenvalue weighted by molar-refractivity contribution is -0.123. The zero-order chi connectivity index (χ0) is 11.0. The van der Waals surface area contributed by atoms with E-state index in [1.165, 1.54) is 0 Å². The van der Waals surface area contributed by atoms with Crippen molar-refractivity contribution in [3.8, 4) is 0 Å². The van der Waals surface area contributed by atoms with Crippen LogP contribution in [0.3, 0.4) is 0 Å². The maximum atomic E-state index is 11.5. The molecule has 0 radical (unpaired) electrons. The van der Waals surface area contributed by atoms with Gasteiger partial charge in [0.05, 0.1) is 13.2 Å². The van der Waals surface area contributed by atoms with E-state index in [0.717, 1.165) is 19.6 Å². The Balaban J connectivity index is 3.60. The number of likely N-dealkylation sites (N-methyl/N-ethyl adjacent to an activating group) is 1. The van der Waals surface area contributed by atoms with Crippen LogP contribution in [-0.4, -0.2) is 44.0 Å². The van der Waals surface area contributed by atoms with Gasteiger partial charge in [-0.2, -0.15) is 0 Å². The van der Waals surface area contributed by atoms with E-state index in [9.17, 15) is 4.79 Å². The lowest BCUT2D eigenvalue weighted by Gasteiger charge is -2.17. The van der Waals surface area contributed by atoms with Crippen molar-refractivity contribution in [2.24, 2.45) is 5.92 Å². The molecule has 1 atom stereocenters. The van der Waals surface area contributed by atoms with E-state index in [1.807, 2.05) is 32.7 Å². The predicted molar refractivity (Wildman–Crippen MR) is 58.5 cm³/mol. The van der Waals surface area contributed by atoms with Crippen molar-refractivity contribution >= 4 is 5.78 Å². The lowest BCUT2D eigenvalue weighted by atomic mass is 10.0. The van der Waals surface area contributed by atoms with Crippen LogP contribution in [0.2, 0.25) is 0 Å². The number of nitrogens with zero attached hydrogens (tertiary/aromatic N) is 1. The molecular weight excluding hydrogens is 178 g/mol. The monoisotopic (exact) mass is 201 g/mol. The van der Waals surface area contributed by atoms with E-state index < -0.39 is 0 Å². The number of hydrogen-bond acceptors (Lipinski definition) is 3. The minimum atomic E-state index is 0.185. The molecular formula is C11H23NO2. The summed E-state index contributed by atoms with van der Waals surface area (Å²) in [6.45, 7) is 8.83. The fraction of sp³-hybridized carbons (Fsp3) is 0.909. The van der Waals surface area contributed by atoms with Gasteiger partial charge in [-0.15, -0.1) is 0 Å². The zero-order valence-corrected chi connectivity index (χ0v) is 9.88. The Labute approximate surface area is 87.4 Å². The molecule has 0 aromatic carbocycles. The van der Waals surface area contributed by atoms with Gasteiger partial charge in [0, 0.05) is 19.1 Å². The minimum Gasteiger partial charge on any atom is -0.380 e. The summed E-state index contributed by atoms with van der Waals surface area (Å²) in [6.07, 6.45) is 0.929. The van der Waals surface area contributed by atoms with E-state index >= 15 is 0 Å². The number of ether oxygens (including phenoxy) is 1. The van der Waals surface area contributed by atoms with Crippen LogP contribution in [0.15, 0.2) is 0 Å². The van der Waals surface area contributed by atoms with Crippen molar-refractivity contribution in [3.05, 3.63) is 0 Å². The van der Waals surface area contributed by atoms with Gasteiger partial charge in [-0.25, -0.2) is 0 Å². The number of hydrogen-bond donors (Lipinski definition) is 0. The second-order valence-corrected chi connectivity index (χ2v) is 3.71. The Hall–Kier alpha value is -0.410. The van der Waals surface area contributed by atoms with Crippen LogP contribution >= 0.6 is 0 Å². The Morgan fingerprint density at radius 1 is 1.43 bits per heavy atom. The summed E-state index contributed by atoms with van der Waals surface area (Å²) in [5, 5.41) is 0. The Morgan fingerprint density at radius 3 is 2.57 bits per heavy atom. The molecule has 14 heavy (non-hydrogen) atoms. The van der Waals surface area contributed by atoms with Gasteiger partial charge in [0.15, 0.2) is 0 Å². The van der Waals surface area contributed by atoms with Gasteiger partial charge >= 0.3 is 0 Å². The van der Waals surface area contributed by atoms with Crippen molar-refractivity contribution in [1.29, 1.82) is 0 Å². The van der Waals surface area contributed by atoms with Gasteiger partial charge in [-0.05, 0) is 20.4 Å².